The minimum absolute atomic E-state index is 0.0103. The molecule has 1 atom stereocenters. The highest BCUT2D eigenvalue weighted by molar-refractivity contribution is 6.68. The van der Waals surface area contributed by atoms with E-state index < -0.39 is 5.91 Å². The van der Waals surface area contributed by atoms with E-state index in [1.54, 1.807) is 39.3 Å². The standard InChI is InChI=1S/C27H38N4O4/c1-9-17(2)16-35-24-12-10-19(27(4,5)6)14-21(24)30-26(32)25(31-28)18(3)29-22-15-20(33-7)11-13-23(22)34-8/h10-15,17H,9,16,28H2,1-8H3,(H,30,32)/b29-18?,31-25+. The largest absolute Gasteiger partial charge is 0.497 e. The van der Waals surface area contributed by atoms with E-state index in [1.807, 2.05) is 18.2 Å². The highest BCUT2D eigenvalue weighted by Gasteiger charge is 2.21. The summed E-state index contributed by atoms with van der Waals surface area (Å²) in [6.45, 7) is 12.8. The molecule has 0 spiro atoms. The molecule has 1 unspecified atom stereocenters. The van der Waals surface area contributed by atoms with Gasteiger partial charge in [-0.05, 0) is 48.1 Å². The number of amides is 1. The summed E-state index contributed by atoms with van der Waals surface area (Å²) in [5, 5.41) is 6.65. The SMILES string of the molecule is CCC(C)COc1ccc(C(C)(C)C)cc1NC(=O)/C(=N/N)C(C)=Nc1cc(OC)ccc1OC. The predicted molar refractivity (Wildman–Crippen MR) is 143 cm³/mol. The zero-order chi connectivity index (χ0) is 26.2. The molecule has 0 aliphatic carbocycles. The summed E-state index contributed by atoms with van der Waals surface area (Å²) in [7, 11) is 3.11. The Morgan fingerprint density at radius 2 is 1.77 bits per heavy atom. The van der Waals surface area contributed by atoms with Gasteiger partial charge in [0.15, 0.2) is 5.71 Å². The number of nitrogens with one attached hydrogen (secondary N) is 1. The fourth-order valence-corrected chi connectivity index (χ4v) is 3.19. The Labute approximate surface area is 208 Å². The lowest BCUT2D eigenvalue weighted by Gasteiger charge is -2.22. The van der Waals surface area contributed by atoms with Crippen molar-refractivity contribution < 1.29 is 19.0 Å². The molecule has 35 heavy (non-hydrogen) atoms. The Balaban J connectivity index is 2.39. The number of nitrogens with zero attached hydrogens (tertiary/aromatic N) is 2. The van der Waals surface area contributed by atoms with Gasteiger partial charge in [0.05, 0.1) is 32.2 Å². The molecule has 0 saturated carbocycles. The van der Waals surface area contributed by atoms with Crippen LogP contribution in [0.25, 0.3) is 0 Å². The number of benzene rings is 2. The van der Waals surface area contributed by atoms with Crippen LogP contribution in [0.15, 0.2) is 46.5 Å². The highest BCUT2D eigenvalue weighted by atomic mass is 16.5. The molecular weight excluding hydrogens is 444 g/mol. The molecule has 8 heteroatoms. The average Bonchev–Trinajstić information content (AvgIpc) is 2.82. The van der Waals surface area contributed by atoms with Gasteiger partial charge in [-0.25, -0.2) is 4.99 Å². The molecule has 3 N–H and O–H groups in total. The number of aliphatic imine (C=N–C) groups is 1. The van der Waals surface area contributed by atoms with Gasteiger partial charge in [-0.15, -0.1) is 0 Å². The van der Waals surface area contributed by atoms with Crippen LogP contribution in [0, 0.1) is 5.92 Å². The number of methoxy groups -OCH3 is 2. The number of carbonyl (C=O) groups excluding carboxylic acids is 1. The topological polar surface area (TPSA) is 108 Å². The first-order valence-electron chi connectivity index (χ1n) is 11.7. The third kappa shape index (κ3) is 7.47. The zero-order valence-corrected chi connectivity index (χ0v) is 22.1. The summed E-state index contributed by atoms with van der Waals surface area (Å²) < 4.78 is 16.7. The molecule has 0 heterocycles. The molecule has 2 aromatic carbocycles. The zero-order valence-electron chi connectivity index (χ0n) is 22.1. The van der Waals surface area contributed by atoms with Gasteiger partial charge in [0.1, 0.15) is 22.9 Å². The lowest BCUT2D eigenvalue weighted by Crippen LogP contribution is -2.30. The lowest BCUT2D eigenvalue weighted by molar-refractivity contribution is -0.110. The minimum atomic E-state index is -0.491. The number of ether oxygens (including phenoxy) is 3. The first kappa shape index (κ1) is 27.7. The second kappa shape index (κ2) is 12.2. The van der Waals surface area contributed by atoms with Crippen molar-refractivity contribution in [2.75, 3.05) is 26.1 Å². The third-order valence-electron chi connectivity index (χ3n) is 5.68. The van der Waals surface area contributed by atoms with Crippen LogP contribution in [0.1, 0.15) is 53.5 Å². The maximum atomic E-state index is 13.2. The molecule has 0 aromatic heterocycles. The van der Waals surface area contributed by atoms with Crippen molar-refractivity contribution in [3.8, 4) is 17.2 Å². The van der Waals surface area contributed by atoms with Crippen LogP contribution >= 0.6 is 0 Å². The molecule has 0 aliphatic rings. The van der Waals surface area contributed by atoms with E-state index in [-0.39, 0.29) is 11.1 Å². The Bertz CT molecular complexity index is 1090. The molecule has 0 bridgehead atoms. The third-order valence-corrected chi connectivity index (χ3v) is 5.68. The maximum absolute atomic E-state index is 13.2. The van der Waals surface area contributed by atoms with Crippen molar-refractivity contribution in [1.29, 1.82) is 0 Å². The monoisotopic (exact) mass is 482 g/mol. The summed E-state index contributed by atoms with van der Waals surface area (Å²) in [5.74, 6) is 7.24. The van der Waals surface area contributed by atoms with Crippen molar-refractivity contribution in [2.45, 2.75) is 53.4 Å². The fourth-order valence-electron chi connectivity index (χ4n) is 3.19. The Hall–Kier alpha value is -3.55. The van der Waals surface area contributed by atoms with Crippen LogP contribution in [-0.2, 0) is 10.2 Å². The van der Waals surface area contributed by atoms with E-state index in [2.05, 4.69) is 50.0 Å². The number of nitrogens with two attached hydrogens (primary N) is 1. The molecular formula is C27H38N4O4. The van der Waals surface area contributed by atoms with E-state index >= 15 is 0 Å². The summed E-state index contributed by atoms with van der Waals surface area (Å²) >= 11 is 0. The van der Waals surface area contributed by atoms with Gasteiger partial charge in [0.25, 0.3) is 5.91 Å². The minimum Gasteiger partial charge on any atom is -0.497 e. The first-order valence-corrected chi connectivity index (χ1v) is 11.7. The van der Waals surface area contributed by atoms with Gasteiger partial charge in [-0.1, -0.05) is 47.1 Å². The number of rotatable bonds is 10. The highest BCUT2D eigenvalue weighted by Crippen LogP contribution is 2.33. The molecule has 8 nitrogen and oxygen atoms in total. The molecule has 2 aromatic rings. The summed E-state index contributed by atoms with van der Waals surface area (Å²) in [6, 6.07) is 11.0. The molecule has 0 fully saturated rings. The van der Waals surface area contributed by atoms with Crippen molar-refractivity contribution in [2.24, 2.45) is 21.9 Å². The maximum Gasteiger partial charge on any atom is 0.278 e. The predicted octanol–water partition coefficient (Wildman–Crippen LogP) is 5.47. The smallest absolute Gasteiger partial charge is 0.278 e. The van der Waals surface area contributed by atoms with E-state index in [0.29, 0.717) is 46.9 Å². The van der Waals surface area contributed by atoms with Crippen LogP contribution in [0.4, 0.5) is 11.4 Å². The van der Waals surface area contributed by atoms with Crippen molar-refractivity contribution in [1.82, 2.24) is 0 Å². The summed E-state index contributed by atoms with van der Waals surface area (Å²) in [5.41, 5.74) is 2.31. The summed E-state index contributed by atoms with van der Waals surface area (Å²) in [4.78, 5) is 17.8. The van der Waals surface area contributed by atoms with E-state index in [9.17, 15) is 4.79 Å². The fraction of sp³-hybridized carbons (Fsp3) is 0.444. The lowest BCUT2D eigenvalue weighted by atomic mass is 9.87. The van der Waals surface area contributed by atoms with Gasteiger partial charge in [0, 0.05) is 6.07 Å². The van der Waals surface area contributed by atoms with Gasteiger partial charge in [-0.3, -0.25) is 4.79 Å². The van der Waals surface area contributed by atoms with Crippen molar-refractivity contribution in [3.63, 3.8) is 0 Å². The molecule has 0 saturated heterocycles. The van der Waals surface area contributed by atoms with Gasteiger partial charge < -0.3 is 25.4 Å². The number of hydrogen-bond donors (Lipinski definition) is 2. The van der Waals surface area contributed by atoms with Crippen LogP contribution in [0.3, 0.4) is 0 Å². The van der Waals surface area contributed by atoms with E-state index in [0.717, 1.165) is 12.0 Å². The Morgan fingerprint density at radius 1 is 1.09 bits per heavy atom. The Kier molecular flexibility index (Phi) is 9.68. The van der Waals surface area contributed by atoms with Crippen LogP contribution in [-0.4, -0.2) is 38.2 Å². The summed E-state index contributed by atoms with van der Waals surface area (Å²) in [6.07, 6.45) is 0.995. The van der Waals surface area contributed by atoms with Gasteiger partial charge in [-0.2, -0.15) is 5.10 Å². The van der Waals surface area contributed by atoms with E-state index in [1.165, 1.54) is 0 Å². The van der Waals surface area contributed by atoms with Crippen molar-refractivity contribution >= 4 is 28.7 Å². The number of hydrogen-bond acceptors (Lipinski definition) is 7. The van der Waals surface area contributed by atoms with Gasteiger partial charge in [0.2, 0.25) is 0 Å². The second-order valence-corrected chi connectivity index (χ2v) is 9.45. The van der Waals surface area contributed by atoms with Crippen LogP contribution < -0.4 is 25.4 Å². The number of hydrazone groups is 1. The molecule has 2 rings (SSSR count). The normalized spacial score (nSPS) is 13.3. The van der Waals surface area contributed by atoms with E-state index in [4.69, 9.17) is 20.1 Å². The Morgan fingerprint density at radius 3 is 2.34 bits per heavy atom. The van der Waals surface area contributed by atoms with Crippen LogP contribution in [0.5, 0.6) is 17.2 Å². The molecule has 0 aliphatic heterocycles. The average molecular weight is 483 g/mol. The molecule has 190 valence electrons. The second-order valence-electron chi connectivity index (χ2n) is 9.45. The number of carbonyl (C=O) groups is 1. The van der Waals surface area contributed by atoms with Crippen molar-refractivity contribution in [3.05, 3.63) is 42.0 Å². The number of anilines is 1. The molecule has 0 radical (unpaired) electrons. The van der Waals surface area contributed by atoms with Crippen LogP contribution in [0.2, 0.25) is 0 Å². The molecule has 1 amide bonds. The van der Waals surface area contributed by atoms with Gasteiger partial charge >= 0.3 is 0 Å². The quantitative estimate of drug-likeness (QED) is 0.265. The first-order chi connectivity index (χ1) is 16.5.